The molecule has 0 N–H and O–H groups in total. The van der Waals surface area contributed by atoms with Gasteiger partial charge in [-0.25, -0.2) is 0 Å². The molecular formula is C58H43B. The largest absolute Gasteiger partial charge is 0.216 e. The van der Waals surface area contributed by atoms with Gasteiger partial charge in [-0.3, -0.25) is 0 Å². The van der Waals surface area contributed by atoms with Crippen LogP contribution >= 0.6 is 0 Å². The van der Waals surface area contributed by atoms with Crippen LogP contribution in [-0.2, 0) is 5.41 Å². The van der Waals surface area contributed by atoms with Gasteiger partial charge in [-0.2, -0.15) is 0 Å². The normalized spacial score (nSPS) is 19.2. The van der Waals surface area contributed by atoms with Gasteiger partial charge in [-0.15, -0.1) is 0 Å². The number of rotatable bonds is 4. The molecule has 0 spiro atoms. The molecule has 1 saturated carbocycles. The average Bonchev–Trinajstić information content (AvgIpc) is 3.87. The highest BCUT2D eigenvalue weighted by atomic mass is 14.5. The molecule has 0 saturated heterocycles. The second-order valence-corrected chi connectivity index (χ2v) is 18.2. The molecular weight excluding hydrogens is 707 g/mol. The molecule has 1 aliphatic heterocycles. The van der Waals surface area contributed by atoms with Crippen LogP contribution < -0.4 is 10.9 Å². The molecule has 11 aromatic rings. The van der Waals surface area contributed by atoms with Gasteiger partial charge in [0.2, 0.25) is 6.71 Å². The minimum Gasteiger partial charge on any atom is -0.0735 e. The van der Waals surface area contributed by atoms with Crippen LogP contribution in [0.5, 0.6) is 0 Å². The van der Waals surface area contributed by atoms with E-state index in [9.17, 15) is 0 Å². The fraction of sp³-hybridized carbons (Fsp3) is 0.138. The first kappa shape index (κ1) is 33.5. The summed E-state index contributed by atoms with van der Waals surface area (Å²) in [4.78, 5) is 0. The molecule has 278 valence electrons. The zero-order valence-electron chi connectivity index (χ0n) is 33.6. The van der Waals surface area contributed by atoms with Gasteiger partial charge >= 0.3 is 0 Å². The molecule has 2 atom stereocenters. The summed E-state index contributed by atoms with van der Waals surface area (Å²) in [6.07, 6.45) is 5.12. The zero-order chi connectivity index (χ0) is 39.0. The fourth-order valence-electron chi connectivity index (χ4n) is 12.9. The summed E-state index contributed by atoms with van der Waals surface area (Å²) in [6, 6.07) is 67.2. The smallest absolute Gasteiger partial charge is 0.0735 e. The van der Waals surface area contributed by atoms with Crippen molar-refractivity contribution in [2.45, 2.75) is 50.3 Å². The van der Waals surface area contributed by atoms with Crippen LogP contribution in [0.3, 0.4) is 0 Å². The van der Waals surface area contributed by atoms with Gasteiger partial charge in [-0.05, 0) is 121 Å². The predicted octanol–water partition coefficient (Wildman–Crippen LogP) is 14.7. The second-order valence-electron chi connectivity index (χ2n) is 18.2. The molecule has 2 aliphatic rings. The Labute approximate surface area is 345 Å². The predicted molar refractivity (Wildman–Crippen MR) is 256 cm³/mol. The molecule has 0 radical (unpaired) electrons. The summed E-state index contributed by atoms with van der Waals surface area (Å²) in [5.74, 6) is 0. The minimum atomic E-state index is 0.122. The van der Waals surface area contributed by atoms with Crippen molar-refractivity contribution in [2.75, 3.05) is 0 Å². The maximum Gasteiger partial charge on any atom is 0.216 e. The van der Waals surface area contributed by atoms with E-state index in [0.29, 0.717) is 6.71 Å². The lowest BCUT2D eigenvalue weighted by Crippen LogP contribution is -2.51. The second kappa shape index (κ2) is 12.1. The van der Waals surface area contributed by atoms with E-state index in [2.05, 4.69) is 190 Å². The summed E-state index contributed by atoms with van der Waals surface area (Å²) < 4.78 is 0. The maximum absolute atomic E-state index is 2.62. The van der Waals surface area contributed by atoms with Gasteiger partial charge < -0.3 is 0 Å². The first-order valence-corrected chi connectivity index (χ1v) is 21.7. The first-order valence-electron chi connectivity index (χ1n) is 21.7. The van der Waals surface area contributed by atoms with E-state index < -0.39 is 0 Å². The van der Waals surface area contributed by atoms with Crippen LogP contribution in [0.4, 0.5) is 0 Å². The van der Waals surface area contributed by atoms with Crippen molar-refractivity contribution >= 4 is 82.3 Å². The van der Waals surface area contributed by atoms with Crippen molar-refractivity contribution in [1.29, 1.82) is 0 Å². The minimum absolute atomic E-state index is 0.122. The summed E-state index contributed by atoms with van der Waals surface area (Å²) in [6.45, 7) is 5.60. The summed E-state index contributed by atoms with van der Waals surface area (Å²) in [5.41, 5.74) is 12.6. The molecule has 2 unspecified atom stereocenters. The summed E-state index contributed by atoms with van der Waals surface area (Å²) in [5, 5.41) is 16.4. The van der Waals surface area contributed by atoms with Crippen LogP contribution in [0.25, 0.3) is 98.0 Å². The Hall–Kier alpha value is -6.44. The standard InChI is InChI=1S/C58H43B/c1-57-33-12-13-34-58(57,2)59(40-23-10-5-11-24-40)48-32-29-39(35-47(48)57)41-30-31-46-52-42(41)25-16-28-45(52)55-50(37-17-6-3-7-18-37)53-43-26-14-21-36-22-15-27-44(49(36)43)54(53)51(56(46)55)38-19-8-4-9-20-38/h3-11,14-32,35H,12-13,33-34H2,1-2H3. The number of benzene rings is 9. The van der Waals surface area contributed by atoms with E-state index in [4.69, 9.17) is 0 Å². The van der Waals surface area contributed by atoms with Crippen LogP contribution in [0.2, 0.25) is 5.31 Å². The topological polar surface area (TPSA) is 0 Å². The number of fused-ring (bicyclic) bond motifs is 9. The highest BCUT2D eigenvalue weighted by Gasteiger charge is 2.60. The van der Waals surface area contributed by atoms with E-state index in [-0.39, 0.29) is 10.7 Å². The third-order valence-corrected chi connectivity index (χ3v) is 15.6. The Morgan fingerprint density at radius 1 is 0.407 bits per heavy atom. The molecule has 1 fully saturated rings. The molecule has 0 amide bonds. The van der Waals surface area contributed by atoms with Gasteiger partial charge in [-0.1, -0.05) is 220 Å². The fourth-order valence-corrected chi connectivity index (χ4v) is 12.9. The average molecular weight is 751 g/mol. The molecule has 13 rings (SSSR count). The monoisotopic (exact) mass is 750 g/mol. The lowest BCUT2D eigenvalue weighted by molar-refractivity contribution is 0.243. The van der Waals surface area contributed by atoms with E-state index in [1.54, 1.807) is 5.56 Å². The lowest BCUT2D eigenvalue weighted by Gasteiger charge is -2.48. The van der Waals surface area contributed by atoms with Crippen molar-refractivity contribution in [2.24, 2.45) is 0 Å². The van der Waals surface area contributed by atoms with Crippen LogP contribution in [0, 0.1) is 0 Å². The van der Waals surface area contributed by atoms with Gasteiger partial charge in [0.1, 0.15) is 0 Å². The Kier molecular flexibility index (Phi) is 6.85. The number of hydrogen-bond donors (Lipinski definition) is 0. The van der Waals surface area contributed by atoms with Gasteiger partial charge in [0.15, 0.2) is 0 Å². The van der Waals surface area contributed by atoms with Gasteiger partial charge in [0.05, 0.1) is 0 Å². The third-order valence-electron chi connectivity index (χ3n) is 15.6. The lowest BCUT2D eigenvalue weighted by atomic mass is 9.26. The molecule has 1 aliphatic carbocycles. The van der Waals surface area contributed by atoms with Crippen molar-refractivity contribution in [3.63, 3.8) is 0 Å². The van der Waals surface area contributed by atoms with Crippen LogP contribution in [-0.4, -0.2) is 6.71 Å². The molecule has 1 heteroatoms. The highest BCUT2D eigenvalue weighted by Crippen LogP contribution is 2.62. The quantitative estimate of drug-likeness (QED) is 0.157. The van der Waals surface area contributed by atoms with Crippen molar-refractivity contribution < 1.29 is 0 Å². The molecule has 0 nitrogen and oxygen atoms in total. The Morgan fingerprint density at radius 2 is 0.932 bits per heavy atom. The van der Waals surface area contributed by atoms with E-state index >= 15 is 0 Å². The Bertz CT molecular complexity index is 3330. The SMILES string of the molecule is CC12CCCCC1(C)c1cc(-c3ccc4c5c(-c6ccccc6)c6c7cccc8cccc(c6c(-c6ccccc6)c5c5cccc3c54)c87)ccc1B2c1ccccc1. The van der Waals surface area contributed by atoms with Crippen LogP contribution in [0.1, 0.15) is 45.1 Å². The van der Waals surface area contributed by atoms with Crippen LogP contribution in [0.15, 0.2) is 176 Å². The van der Waals surface area contributed by atoms with Crippen molar-refractivity contribution in [3.8, 4) is 33.4 Å². The third kappa shape index (κ3) is 4.30. The summed E-state index contributed by atoms with van der Waals surface area (Å²) >= 11 is 0. The first-order chi connectivity index (χ1) is 29.0. The van der Waals surface area contributed by atoms with E-state index in [1.807, 2.05) is 0 Å². The molecule has 11 aromatic carbocycles. The zero-order valence-corrected chi connectivity index (χ0v) is 33.6. The Balaban J connectivity index is 1.15. The maximum atomic E-state index is 2.62. The molecule has 59 heavy (non-hydrogen) atoms. The van der Waals surface area contributed by atoms with Gasteiger partial charge in [0.25, 0.3) is 0 Å². The van der Waals surface area contributed by atoms with E-state index in [1.165, 1.54) is 135 Å². The molecule has 0 aromatic heterocycles. The highest BCUT2D eigenvalue weighted by molar-refractivity contribution is 6.89. The summed E-state index contributed by atoms with van der Waals surface area (Å²) in [7, 11) is 0. The van der Waals surface area contributed by atoms with Gasteiger partial charge in [0, 0.05) is 0 Å². The van der Waals surface area contributed by atoms with Crippen molar-refractivity contribution in [1.82, 2.24) is 0 Å². The van der Waals surface area contributed by atoms with Crippen molar-refractivity contribution in [3.05, 3.63) is 181 Å². The number of hydrogen-bond acceptors (Lipinski definition) is 0. The van der Waals surface area contributed by atoms with E-state index in [0.717, 1.165) is 0 Å². The molecule has 1 heterocycles. The Morgan fingerprint density at radius 3 is 1.56 bits per heavy atom. The molecule has 0 bridgehead atoms.